The van der Waals surface area contributed by atoms with Gasteiger partial charge in [-0.05, 0) is 30.4 Å². The lowest BCUT2D eigenvalue weighted by Crippen LogP contribution is -2.31. The van der Waals surface area contributed by atoms with Crippen molar-refractivity contribution in [1.29, 1.82) is 0 Å². The Morgan fingerprint density at radius 2 is 1.44 bits per heavy atom. The normalized spacial score (nSPS) is 20.7. The highest BCUT2D eigenvalue weighted by atomic mass is 16.6. The van der Waals surface area contributed by atoms with Crippen molar-refractivity contribution in [3.63, 3.8) is 0 Å². The standard InChI is InChI=1S/C23H38O2/c1-3-5-7-9-11-13-22-18-25-23(19-24-22)21-16-14-20(15-17-21)12-10-8-6-4-2/h14-17,22-23H,3-13,18-19H2,1-2H3/t22-,23-/m1/s1. The summed E-state index contributed by atoms with van der Waals surface area (Å²) in [6.45, 7) is 5.97. The monoisotopic (exact) mass is 346 g/mol. The molecule has 1 aliphatic rings. The summed E-state index contributed by atoms with van der Waals surface area (Å²) >= 11 is 0. The van der Waals surface area contributed by atoms with Crippen molar-refractivity contribution in [2.45, 2.75) is 96.7 Å². The van der Waals surface area contributed by atoms with Crippen molar-refractivity contribution in [3.8, 4) is 0 Å². The summed E-state index contributed by atoms with van der Waals surface area (Å²) in [4.78, 5) is 0. The molecule has 142 valence electrons. The second kappa shape index (κ2) is 12.5. The second-order valence-electron chi connectivity index (χ2n) is 7.53. The Hall–Kier alpha value is -0.860. The number of ether oxygens (including phenoxy) is 2. The van der Waals surface area contributed by atoms with Crippen LogP contribution in [0.2, 0.25) is 0 Å². The van der Waals surface area contributed by atoms with Gasteiger partial charge in [-0.15, -0.1) is 0 Å². The molecule has 1 fully saturated rings. The van der Waals surface area contributed by atoms with Crippen molar-refractivity contribution >= 4 is 0 Å². The lowest BCUT2D eigenvalue weighted by molar-refractivity contribution is -0.137. The van der Waals surface area contributed by atoms with E-state index in [2.05, 4.69) is 38.1 Å². The zero-order chi connectivity index (χ0) is 17.7. The number of rotatable bonds is 12. The van der Waals surface area contributed by atoms with E-state index in [1.54, 1.807) is 0 Å². The van der Waals surface area contributed by atoms with Gasteiger partial charge in [-0.2, -0.15) is 0 Å². The van der Waals surface area contributed by atoms with Crippen LogP contribution in [0.4, 0.5) is 0 Å². The average Bonchev–Trinajstić information content (AvgIpc) is 2.66. The summed E-state index contributed by atoms with van der Waals surface area (Å²) in [5, 5.41) is 0. The molecule has 0 spiro atoms. The van der Waals surface area contributed by atoms with Gasteiger partial charge in [0, 0.05) is 0 Å². The smallest absolute Gasteiger partial charge is 0.106 e. The van der Waals surface area contributed by atoms with Crippen molar-refractivity contribution < 1.29 is 9.47 Å². The predicted molar refractivity (Wildman–Crippen MR) is 106 cm³/mol. The molecule has 2 heteroatoms. The first-order valence-corrected chi connectivity index (χ1v) is 10.7. The molecule has 0 aliphatic carbocycles. The first-order chi connectivity index (χ1) is 12.3. The van der Waals surface area contributed by atoms with E-state index in [0.29, 0.717) is 12.7 Å². The SMILES string of the molecule is CCCCCCC[C@@H]1CO[C@@H](c2ccc(CCCCCC)cc2)CO1. The fourth-order valence-corrected chi connectivity index (χ4v) is 3.53. The summed E-state index contributed by atoms with van der Waals surface area (Å²) in [7, 11) is 0. The Morgan fingerprint density at radius 3 is 2.08 bits per heavy atom. The van der Waals surface area contributed by atoms with Crippen LogP contribution < -0.4 is 0 Å². The molecule has 1 aliphatic heterocycles. The largest absolute Gasteiger partial charge is 0.373 e. The van der Waals surface area contributed by atoms with Crippen LogP contribution in [0.3, 0.4) is 0 Å². The molecule has 0 radical (unpaired) electrons. The van der Waals surface area contributed by atoms with E-state index in [0.717, 1.165) is 13.0 Å². The summed E-state index contributed by atoms with van der Waals surface area (Å²) in [5.41, 5.74) is 2.71. The minimum atomic E-state index is 0.116. The van der Waals surface area contributed by atoms with E-state index in [1.807, 2.05) is 0 Å². The second-order valence-corrected chi connectivity index (χ2v) is 7.53. The van der Waals surface area contributed by atoms with Gasteiger partial charge in [0.25, 0.3) is 0 Å². The van der Waals surface area contributed by atoms with Gasteiger partial charge in [-0.1, -0.05) is 89.5 Å². The zero-order valence-corrected chi connectivity index (χ0v) is 16.5. The van der Waals surface area contributed by atoms with Gasteiger partial charge in [0.15, 0.2) is 0 Å². The molecule has 2 atom stereocenters. The molecule has 1 saturated heterocycles. The Balaban J connectivity index is 1.64. The van der Waals surface area contributed by atoms with Crippen LogP contribution in [0.15, 0.2) is 24.3 Å². The highest BCUT2D eigenvalue weighted by molar-refractivity contribution is 5.24. The van der Waals surface area contributed by atoms with Gasteiger partial charge in [-0.3, -0.25) is 0 Å². The van der Waals surface area contributed by atoms with Gasteiger partial charge in [0.1, 0.15) is 6.10 Å². The van der Waals surface area contributed by atoms with Crippen LogP contribution >= 0.6 is 0 Å². The van der Waals surface area contributed by atoms with Crippen molar-refractivity contribution in [3.05, 3.63) is 35.4 Å². The maximum absolute atomic E-state index is 6.08. The number of benzene rings is 1. The van der Waals surface area contributed by atoms with Crippen molar-refractivity contribution in [2.75, 3.05) is 13.2 Å². The van der Waals surface area contributed by atoms with Crippen LogP contribution in [-0.4, -0.2) is 19.3 Å². The highest BCUT2D eigenvalue weighted by Crippen LogP contribution is 2.25. The number of hydrogen-bond acceptors (Lipinski definition) is 2. The fraction of sp³-hybridized carbons (Fsp3) is 0.739. The highest BCUT2D eigenvalue weighted by Gasteiger charge is 2.23. The molecular weight excluding hydrogens is 308 g/mol. The van der Waals surface area contributed by atoms with E-state index in [-0.39, 0.29) is 6.10 Å². The minimum absolute atomic E-state index is 0.116. The molecule has 25 heavy (non-hydrogen) atoms. The summed E-state index contributed by atoms with van der Waals surface area (Å²) < 4.78 is 12.1. The maximum atomic E-state index is 6.08. The third kappa shape index (κ3) is 7.92. The molecule has 0 saturated carbocycles. The Bertz CT molecular complexity index is 432. The van der Waals surface area contributed by atoms with Crippen LogP contribution in [0.5, 0.6) is 0 Å². The molecule has 0 amide bonds. The van der Waals surface area contributed by atoms with Crippen LogP contribution in [-0.2, 0) is 15.9 Å². The number of aryl methyl sites for hydroxylation is 1. The number of unbranched alkanes of at least 4 members (excludes halogenated alkanes) is 7. The Kier molecular flexibility index (Phi) is 10.2. The molecule has 0 N–H and O–H groups in total. The maximum Gasteiger partial charge on any atom is 0.106 e. The Labute approximate surface area is 155 Å². The van der Waals surface area contributed by atoms with Gasteiger partial charge in [0.05, 0.1) is 19.3 Å². The predicted octanol–water partition coefficient (Wildman–Crippen LogP) is 6.63. The quantitative estimate of drug-likeness (QED) is 0.396. The first-order valence-electron chi connectivity index (χ1n) is 10.7. The van der Waals surface area contributed by atoms with E-state index in [1.165, 1.54) is 75.3 Å². The minimum Gasteiger partial charge on any atom is -0.373 e. The topological polar surface area (TPSA) is 18.5 Å². The molecule has 1 aromatic carbocycles. The van der Waals surface area contributed by atoms with E-state index >= 15 is 0 Å². The summed E-state index contributed by atoms with van der Waals surface area (Å²) in [6, 6.07) is 9.00. The first kappa shape index (κ1) is 20.5. The van der Waals surface area contributed by atoms with Crippen LogP contribution in [0.1, 0.15) is 95.3 Å². The average molecular weight is 347 g/mol. The van der Waals surface area contributed by atoms with E-state index in [9.17, 15) is 0 Å². The lowest BCUT2D eigenvalue weighted by atomic mass is 10.0. The number of hydrogen-bond donors (Lipinski definition) is 0. The Morgan fingerprint density at radius 1 is 0.760 bits per heavy atom. The zero-order valence-electron chi connectivity index (χ0n) is 16.5. The lowest BCUT2D eigenvalue weighted by Gasteiger charge is -2.30. The van der Waals surface area contributed by atoms with Crippen LogP contribution in [0.25, 0.3) is 0 Å². The third-order valence-electron chi connectivity index (χ3n) is 5.27. The van der Waals surface area contributed by atoms with Crippen molar-refractivity contribution in [2.24, 2.45) is 0 Å². The molecule has 0 bridgehead atoms. The fourth-order valence-electron chi connectivity index (χ4n) is 3.53. The van der Waals surface area contributed by atoms with Gasteiger partial charge in [0.2, 0.25) is 0 Å². The van der Waals surface area contributed by atoms with Crippen molar-refractivity contribution in [1.82, 2.24) is 0 Å². The molecule has 2 rings (SSSR count). The molecule has 0 unspecified atom stereocenters. The third-order valence-corrected chi connectivity index (χ3v) is 5.27. The molecular formula is C23H38O2. The van der Waals surface area contributed by atoms with Gasteiger partial charge >= 0.3 is 0 Å². The van der Waals surface area contributed by atoms with Crippen LogP contribution in [0, 0.1) is 0 Å². The van der Waals surface area contributed by atoms with E-state index in [4.69, 9.17) is 9.47 Å². The molecule has 1 aromatic rings. The molecule has 1 heterocycles. The van der Waals surface area contributed by atoms with E-state index < -0.39 is 0 Å². The van der Waals surface area contributed by atoms with Gasteiger partial charge in [-0.25, -0.2) is 0 Å². The summed E-state index contributed by atoms with van der Waals surface area (Å²) in [6.07, 6.45) is 14.7. The summed E-state index contributed by atoms with van der Waals surface area (Å²) in [5.74, 6) is 0. The van der Waals surface area contributed by atoms with Gasteiger partial charge < -0.3 is 9.47 Å². The molecule has 2 nitrogen and oxygen atoms in total. The molecule has 0 aromatic heterocycles.